The van der Waals surface area contributed by atoms with Gasteiger partial charge >= 0.3 is 0 Å². The Morgan fingerprint density at radius 1 is 0.524 bits per heavy atom. The minimum Gasteiger partial charge on any atom is -0.394 e. The van der Waals surface area contributed by atoms with E-state index in [-0.39, 0.29) is 19.5 Å². The van der Waals surface area contributed by atoms with Crippen LogP contribution in [0.2, 0.25) is 0 Å². The highest BCUT2D eigenvalue weighted by Crippen LogP contribution is 2.34. The molecule has 246 valence electrons. The van der Waals surface area contributed by atoms with Crippen molar-refractivity contribution in [3.63, 3.8) is 0 Å². The van der Waals surface area contributed by atoms with E-state index in [4.69, 9.17) is 62.8 Å². The molecule has 19 atom stereocenters. The summed E-state index contributed by atoms with van der Waals surface area (Å²) in [6, 6.07) is -4.18. The molecule has 4 aliphatic rings. The third kappa shape index (κ3) is 6.60. The third-order valence-corrected chi connectivity index (χ3v) is 8.37. The van der Waals surface area contributed by atoms with Crippen molar-refractivity contribution in [2.75, 3.05) is 19.7 Å². The minimum atomic E-state index is -1.60. The summed E-state index contributed by atoms with van der Waals surface area (Å²) in [5.74, 6) is 0. The van der Waals surface area contributed by atoms with Gasteiger partial charge in [-0.2, -0.15) is 0 Å². The Morgan fingerprint density at radius 2 is 0.976 bits per heavy atom. The highest BCUT2D eigenvalue weighted by molar-refractivity contribution is 5.02. The molecule has 19 N–H and O–H groups in total. The minimum absolute atomic E-state index is 0.0889. The fourth-order valence-corrected chi connectivity index (χ4v) is 5.74. The quantitative estimate of drug-likeness (QED) is 0.115. The first-order valence-corrected chi connectivity index (χ1v) is 13.9. The summed E-state index contributed by atoms with van der Waals surface area (Å²) in [5, 5.41) is 73.0. The summed E-state index contributed by atoms with van der Waals surface area (Å²) in [4.78, 5) is 0. The lowest BCUT2D eigenvalue weighted by atomic mass is 9.84. The van der Waals surface area contributed by atoms with E-state index >= 15 is 0 Å². The fraction of sp³-hybridized carbons (Fsp3) is 1.00. The number of ether oxygens (including phenoxy) is 6. The molecule has 19 nitrogen and oxygen atoms in total. The molecule has 42 heavy (non-hydrogen) atoms. The van der Waals surface area contributed by atoms with Crippen LogP contribution in [-0.4, -0.2) is 172 Å². The van der Waals surface area contributed by atoms with Crippen LogP contribution in [0.25, 0.3) is 0 Å². The van der Waals surface area contributed by atoms with Crippen LogP contribution in [0.15, 0.2) is 0 Å². The second kappa shape index (κ2) is 14.1. The van der Waals surface area contributed by atoms with E-state index in [2.05, 4.69) is 0 Å². The maximum absolute atomic E-state index is 11.1. The van der Waals surface area contributed by atoms with Gasteiger partial charge in [0.25, 0.3) is 0 Å². The maximum Gasteiger partial charge on any atom is 0.187 e. The molecule has 0 radical (unpaired) electrons. The summed E-state index contributed by atoms with van der Waals surface area (Å²) < 4.78 is 34.6. The second-order valence-electron chi connectivity index (χ2n) is 11.2. The molecule has 19 heteroatoms. The molecule has 3 heterocycles. The van der Waals surface area contributed by atoms with E-state index in [0.29, 0.717) is 0 Å². The molecule has 0 aromatic rings. The van der Waals surface area contributed by atoms with Gasteiger partial charge in [-0.1, -0.05) is 0 Å². The van der Waals surface area contributed by atoms with E-state index in [1.807, 2.05) is 0 Å². The first-order chi connectivity index (χ1) is 19.8. The van der Waals surface area contributed by atoms with Crippen LogP contribution in [0, 0.1) is 0 Å². The third-order valence-electron chi connectivity index (χ3n) is 8.37. The van der Waals surface area contributed by atoms with Gasteiger partial charge < -0.3 is 98.6 Å². The molecule has 0 spiro atoms. The van der Waals surface area contributed by atoms with Gasteiger partial charge in [0.2, 0.25) is 0 Å². The van der Waals surface area contributed by atoms with Crippen molar-refractivity contribution in [1.29, 1.82) is 0 Å². The van der Waals surface area contributed by atoms with Crippen LogP contribution >= 0.6 is 0 Å². The zero-order valence-electron chi connectivity index (χ0n) is 22.8. The van der Waals surface area contributed by atoms with Gasteiger partial charge in [0.1, 0.15) is 67.1 Å². The molecule has 0 amide bonds. The zero-order valence-corrected chi connectivity index (χ0v) is 22.8. The van der Waals surface area contributed by atoms with Crippen molar-refractivity contribution < 1.29 is 64.2 Å². The van der Waals surface area contributed by atoms with Gasteiger partial charge in [-0.25, -0.2) is 0 Å². The molecule has 11 unspecified atom stereocenters. The molecule has 3 aliphatic heterocycles. The molecular weight excluding hydrogens is 568 g/mol. The summed E-state index contributed by atoms with van der Waals surface area (Å²) in [5.41, 5.74) is 35.6. The monoisotopic (exact) mass is 614 g/mol. The summed E-state index contributed by atoms with van der Waals surface area (Å²) in [7, 11) is 0. The van der Waals surface area contributed by atoms with Crippen molar-refractivity contribution in [3.05, 3.63) is 0 Å². The van der Waals surface area contributed by atoms with Crippen LogP contribution in [0.3, 0.4) is 0 Å². The van der Waals surface area contributed by atoms with Gasteiger partial charge in [0.15, 0.2) is 18.9 Å². The van der Waals surface area contributed by atoms with E-state index in [1.54, 1.807) is 0 Å². The summed E-state index contributed by atoms with van der Waals surface area (Å²) >= 11 is 0. The molecule has 0 aromatic heterocycles. The second-order valence-corrected chi connectivity index (χ2v) is 11.2. The standard InChI is InChI=1S/C23H46N6O13/c24-2-7-13(32)15(34)10(28)21(37-7)40-18-6(27)1-5(26)12(31)20(18)42-23-17(36)19(9(4-30)39-23)41-22-11(29)16(35)14(33)8(3-25)38-22/h5-23,30-36H,1-4,24-29H2/t5?,6?,7?,8-,9+,10?,11?,12?,13+,14+,15?,16?,17?,18?,19?,20+,21+,22+,23-/m0/s1. The van der Waals surface area contributed by atoms with Crippen molar-refractivity contribution in [2.24, 2.45) is 34.4 Å². The molecule has 3 saturated heterocycles. The highest BCUT2D eigenvalue weighted by Gasteiger charge is 2.54. The number of hydrogen-bond donors (Lipinski definition) is 13. The van der Waals surface area contributed by atoms with Gasteiger partial charge in [-0.15, -0.1) is 0 Å². The largest absolute Gasteiger partial charge is 0.394 e. The number of aliphatic hydroxyl groups excluding tert-OH is 7. The fourth-order valence-electron chi connectivity index (χ4n) is 5.74. The average molecular weight is 615 g/mol. The smallest absolute Gasteiger partial charge is 0.187 e. The lowest BCUT2D eigenvalue weighted by Crippen LogP contribution is -2.68. The lowest BCUT2D eigenvalue weighted by molar-refractivity contribution is -0.306. The van der Waals surface area contributed by atoms with Gasteiger partial charge in [0, 0.05) is 25.2 Å². The number of rotatable bonds is 9. The Hall–Kier alpha value is -0.760. The van der Waals surface area contributed by atoms with Crippen molar-refractivity contribution in [2.45, 2.75) is 123 Å². The molecule has 4 rings (SSSR count). The van der Waals surface area contributed by atoms with Crippen LogP contribution < -0.4 is 34.4 Å². The number of hydrogen-bond acceptors (Lipinski definition) is 19. The molecular formula is C23H46N6O13. The normalized spacial score (nSPS) is 53.8. The van der Waals surface area contributed by atoms with E-state index in [1.165, 1.54) is 0 Å². The SMILES string of the molecule is NCC1O[C@H](OC2C(N)CC(N)C(O)[C@H]2O[C@@H]2O[C@H](CO)C(O[C@H]3O[C@@H](CN)[C@@H](O)C(O)C3N)C2O)C(N)C(O)[C@@H]1O. The molecule has 1 saturated carbocycles. The Kier molecular flexibility index (Phi) is 11.5. The topological polar surface area (TPSA) is 353 Å². The predicted octanol–water partition coefficient (Wildman–Crippen LogP) is -8.90. The Morgan fingerprint density at radius 3 is 1.45 bits per heavy atom. The molecule has 0 bridgehead atoms. The Balaban J connectivity index is 1.50. The van der Waals surface area contributed by atoms with Crippen LogP contribution in [0.5, 0.6) is 0 Å². The summed E-state index contributed by atoms with van der Waals surface area (Å²) in [6.45, 7) is -0.967. The van der Waals surface area contributed by atoms with Gasteiger partial charge in [-0.3, -0.25) is 0 Å². The number of nitrogens with two attached hydrogens (primary N) is 6. The van der Waals surface area contributed by atoms with Crippen molar-refractivity contribution in [3.8, 4) is 0 Å². The first-order valence-electron chi connectivity index (χ1n) is 13.9. The first kappa shape index (κ1) is 34.1. The molecule has 0 aromatic carbocycles. The van der Waals surface area contributed by atoms with E-state index in [9.17, 15) is 35.7 Å². The maximum atomic E-state index is 11.1. The number of aliphatic hydroxyl groups is 7. The molecule has 1 aliphatic carbocycles. The van der Waals surface area contributed by atoms with Crippen molar-refractivity contribution >= 4 is 0 Å². The van der Waals surface area contributed by atoms with Crippen molar-refractivity contribution in [1.82, 2.24) is 0 Å². The molecule has 4 fully saturated rings. The van der Waals surface area contributed by atoms with E-state index in [0.717, 1.165) is 0 Å². The van der Waals surface area contributed by atoms with E-state index < -0.39 is 123 Å². The van der Waals surface area contributed by atoms with Crippen LogP contribution in [0.1, 0.15) is 6.42 Å². The van der Waals surface area contributed by atoms with Gasteiger partial charge in [-0.05, 0) is 6.42 Å². The predicted molar refractivity (Wildman–Crippen MR) is 138 cm³/mol. The Bertz CT molecular complexity index is 868. The lowest BCUT2D eigenvalue weighted by Gasteiger charge is -2.47. The van der Waals surface area contributed by atoms with Gasteiger partial charge in [0.05, 0.1) is 24.8 Å². The Labute approximate surface area is 241 Å². The summed E-state index contributed by atoms with van der Waals surface area (Å²) in [6.07, 6.45) is -19.8. The van der Waals surface area contributed by atoms with Crippen LogP contribution in [-0.2, 0) is 28.4 Å². The zero-order chi connectivity index (χ0) is 31.0. The van der Waals surface area contributed by atoms with Crippen LogP contribution in [0.4, 0.5) is 0 Å². The highest BCUT2D eigenvalue weighted by atomic mass is 16.8. The average Bonchev–Trinajstić information content (AvgIpc) is 3.27.